The molecule has 0 aliphatic heterocycles. The van der Waals surface area contributed by atoms with E-state index < -0.39 is 0 Å². The van der Waals surface area contributed by atoms with Crippen molar-refractivity contribution in [1.82, 2.24) is 19.8 Å². The van der Waals surface area contributed by atoms with Gasteiger partial charge in [0.15, 0.2) is 0 Å². The Bertz CT molecular complexity index is 280. The van der Waals surface area contributed by atoms with Crippen LogP contribution in [0.5, 0.6) is 0 Å². The molecule has 0 unspecified atom stereocenters. The monoisotopic (exact) mass is 224 g/mol. The molecule has 1 rings (SSSR count). The number of hydrogen-bond donors (Lipinski definition) is 1. The van der Waals surface area contributed by atoms with Crippen molar-refractivity contribution in [3.8, 4) is 0 Å². The van der Waals surface area contributed by atoms with Crippen LogP contribution in [0.4, 0.5) is 0 Å². The molecule has 0 fully saturated rings. The third-order valence-electron chi connectivity index (χ3n) is 2.66. The highest BCUT2D eigenvalue weighted by atomic mass is 15.0. The molecule has 4 nitrogen and oxygen atoms in total. The number of aromatic nitrogens is 2. The molecule has 1 aromatic heterocycles. The summed E-state index contributed by atoms with van der Waals surface area (Å²) < 4.78 is 2.08. The van der Waals surface area contributed by atoms with Crippen LogP contribution in [0.1, 0.15) is 18.7 Å². The van der Waals surface area contributed by atoms with E-state index in [0.29, 0.717) is 0 Å². The molecule has 0 spiro atoms. The van der Waals surface area contributed by atoms with E-state index in [1.54, 1.807) is 0 Å². The van der Waals surface area contributed by atoms with E-state index in [1.165, 1.54) is 19.4 Å². The van der Waals surface area contributed by atoms with Crippen molar-refractivity contribution in [2.24, 2.45) is 7.05 Å². The largest absolute Gasteiger partial charge is 0.338 e. The summed E-state index contributed by atoms with van der Waals surface area (Å²) in [5, 5.41) is 3.45. The van der Waals surface area contributed by atoms with Gasteiger partial charge in [-0.05, 0) is 40.0 Å². The Morgan fingerprint density at radius 1 is 1.31 bits per heavy atom. The van der Waals surface area contributed by atoms with Crippen LogP contribution in [-0.4, -0.2) is 48.2 Å². The molecular weight excluding hydrogens is 200 g/mol. The Morgan fingerprint density at radius 2 is 2.12 bits per heavy atom. The van der Waals surface area contributed by atoms with Crippen molar-refractivity contribution in [3.05, 3.63) is 18.2 Å². The lowest BCUT2D eigenvalue weighted by Crippen LogP contribution is -2.21. The molecule has 0 aliphatic carbocycles. The van der Waals surface area contributed by atoms with Gasteiger partial charge < -0.3 is 14.8 Å². The molecule has 0 bridgehead atoms. The van der Waals surface area contributed by atoms with Crippen LogP contribution in [0.2, 0.25) is 0 Å². The van der Waals surface area contributed by atoms with Crippen LogP contribution in [0.25, 0.3) is 0 Å². The molecule has 0 amide bonds. The number of nitrogens with zero attached hydrogens (tertiary/aromatic N) is 3. The quantitative estimate of drug-likeness (QED) is 0.666. The molecule has 0 saturated carbocycles. The average molecular weight is 224 g/mol. The van der Waals surface area contributed by atoms with Crippen LogP contribution in [-0.2, 0) is 13.5 Å². The summed E-state index contributed by atoms with van der Waals surface area (Å²) in [6.07, 6.45) is 7.37. The van der Waals surface area contributed by atoms with E-state index in [4.69, 9.17) is 0 Å². The van der Waals surface area contributed by atoms with Crippen molar-refractivity contribution in [1.29, 1.82) is 0 Å². The van der Waals surface area contributed by atoms with Gasteiger partial charge in [-0.15, -0.1) is 0 Å². The minimum Gasteiger partial charge on any atom is -0.338 e. The van der Waals surface area contributed by atoms with Gasteiger partial charge in [0, 0.05) is 32.4 Å². The number of imidazole rings is 1. The number of unbranched alkanes of at least 4 members (excludes halogenated alkanes) is 1. The molecular formula is C12H24N4. The van der Waals surface area contributed by atoms with E-state index in [2.05, 4.69) is 33.9 Å². The summed E-state index contributed by atoms with van der Waals surface area (Å²) >= 11 is 0. The fourth-order valence-corrected chi connectivity index (χ4v) is 1.64. The van der Waals surface area contributed by atoms with Gasteiger partial charge in [0.05, 0.1) is 0 Å². The van der Waals surface area contributed by atoms with E-state index >= 15 is 0 Å². The lowest BCUT2D eigenvalue weighted by atomic mass is 10.3. The maximum absolute atomic E-state index is 4.29. The smallest absolute Gasteiger partial charge is 0.109 e. The molecule has 0 saturated heterocycles. The van der Waals surface area contributed by atoms with Crippen LogP contribution >= 0.6 is 0 Å². The molecule has 0 aliphatic rings. The minimum absolute atomic E-state index is 1.01. The molecule has 0 aromatic carbocycles. The summed E-state index contributed by atoms with van der Waals surface area (Å²) in [4.78, 5) is 6.52. The van der Waals surface area contributed by atoms with Gasteiger partial charge in [-0.3, -0.25) is 0 Å². The summed E-state index contributed by atoms with van der Waals surface area (Å²) in [7, 11) is 6.28. The normalized spacial score (nSPS) is 11.2. The highest BCUT2D eigenvalue weighted by Crippen LogP contribution is 1.94. The van der Waals surface area contributed by atoms with Crippen LogP contribution in [0.15, 0.2) is 12.4 Å². The third kappa shape index (κ3) is 5.28. The summed E-state index contributed by atoms with van der Waals surface area (Å²) in [5.74, 6) is 1.15. The van der Waals surface area contributed by atoms with Crippen molar-refractivity contribution < 1.29 is 0 Å². The molecule has 1 aromatic rings. The number of hydrogen-bond acceptors (Lipinski definition) is 3. The predicted octanol–water partition coefficient (Wildman–Crippen LogP) is 0.894. The van der Waals surface area contributed by atoms with Crippen molar-refractivity contribution >= 4 is 0 Å². The fourth-order valence-electron chi connectivity index (χ4n) is 1.64. The second-order valence-corrected chi connectivity index (χ2v) is 4.46. The standard InChI is InChI=1S/C12H24N4/c1-15(2)10-5-4-7-13-8-6-12-14-9-11-16(12)3/h9,11,13H,4-8,10H2,1-3H3. The number of nitrogens with one attached hydrogen (secondary N) is 1. The Balaban J connectivity index is 1.94. The van der Waals surface area contributed by atoms with Gasteiger partial charge in [-0.1, -0.05) is 0 Å². The zero-order valence-corrected chi connectivity index (χ0v) is 10.7. The minimum atomic E-state index is 1.01. The summed E-state index contributed by atoms with van der Waals surface area (Å²) in [6.45, 7) is 3.31. The zero-order chi connectivity index (χ0) is 11.8. The topological polar surface area (TPSA) is 33.1 Å². The average Bonchev–Trinajstić information content (AvgIpc) is 2.62. The van der Waals surface area contributed by atoms with E-state index in [0.717, 1.165) is 25.3 Å². The lowest BCUT2D eigenvalue weighted by molar-refractivity contribution is 0.392. The fraction of sp³-hybridized carbons (Fsp3) is 0.750. The predicted molar refractivity (Wildman–Crippen MR) is 67.6 cm³/mol. The van der Waals surface area contributed by atoms with Gasteiger partial charge in [0.2, 0.25) is 0 Å². The summed E-state index contributed by atoms with van der Waals surface area (Å²) in [5.41, 5.74) is 0. The van der Waals surface area contributed by atoms with Crippen LogP contribution in [0.3, 0.4) is 0 Å². The Labute approximate surface area is 98.7 Å². The van der Waals surface area contributed by atoms with Crippen LogP contribution < -0.4 is 5.32 Å². The van der Waals surface area contributed by atoms with E-state index in [-0.39, 0.29) is 0 Å². The molecule has 4 heteroatoms. The second-order valence-electron chi connectivity index (χ2n) is 4.46. The second kappa shape index (κ2) is 7.41. The summed E-state index contributed by atoms with van der Waals surface area (Å²) in [6, 6.07) is 0. The van der Waals surface area contributed by atoms with Crippen molar-refractivity contribution in [2.75, 3.05) is 33.7 Å². The maximum atomic E-state index is 4.29. The third-order valence-corrected chi connectivity index (χ3v) is 2.66. The van der Waals surface area contributed by atoms with Gasteiger partial charge in [0.25, 0.3) is 0 Å². The van der Waals surface area contributed by atoms with Crippen molar-refractivity contribution in [2.45, 2.75) is 19.3 Å². The van der Waals surface area contributed by atoms with Gasteiger partial charge in [-0.2, -0.15) is 0 Å². The maximum Gasteiger partial charge on any atom is 0.109 e. The van der Waals surface area contributed by atoms with E-state index in [9.17, 15) is 0 Å². The van der Waals surface area contributed by atoms with E-state index in [1.807, 2.05) is 19.4 Å². The number of aryl methyl sites for hydroxylation is 1. The lowest BCUT2D eigenvalue weighted by Gasteiger charge is -2.09. The first-order valence-electron chi connectivity index (χ1n) is 6.02. The molecule has 1 heterocycles. The first-order valence-corrected chi connectivity index (χ1v) is 6.02. The SMILES string of the molecule is CN(C)CCCCNCCc1nccn1C. The van der Waals surface area contributed by atoms with Gasteiger partial charge >= 0.3 is 0 Å². The number of rotatable bonds is 8. The van der Waals surface area contributed by atoms with Crippen molar-refractivity contribution in [3.63, 3.8) is 0 Å². The van der Waals surface area contributed by atoms with Gasteiger partial charge in [-0.25, -0.2) is 4.98 Å². The Hall–Kier alpha value is -0.870. The molecule has 0 atom stereocenters. The first kappa shape index (κ1) is 13.2. The Kier molecular flexibility index (Phi) is 6.11. The highest BCUT2D eigenvalue weighted by Gasteiger charge is 1.97. The Morgan fingerprint density at radius 3 is 2.75 bits per heavy atom. The highest BCUT2D eigenvalue weighted by molar-refractivity contribution is 4.91. The molecule has 0 radical (unpaired) electrons. The van der Waals surface area contributed by atoms with Crippen LogP contribution in [0, 0.1) is 0 Å². The molecule has 16 heavy (non-hydrogen) atoms. The zero-order valence-electron chi connectivity index (χ0n) is 10.7. The first-order chi connectivity index (χ1) is 7.70. The molecule has 1 N–H and O–H groups in total. The molecule has 92 valence electrons. The van der Waals surface area contributed by atoms with Gasteiger partial charge in [0.1, 0.15) is 5.82 Å².